The normalized spacial score (nSPS) is 10.7. The van der Waals surface area contributed by atoms with Gasteiger partial charge in [0.15, 0.2) is 17.5 Å². The molecule has 10 heteroatoms. The van der Waals surface area contributed by atoms with E-state index in [4.69, 9.17) is 16.3 Å². The molecule has 176 valence electrons. The lowest BCUT2D eigenvalue weighted by atomic mass is 10.2. The molecule has 0 spiro atoms. The van der Waals surface area contributed by atoms with Gasteiger partial charge in [0.2, 0.25) is 0 Å². The summed E-state index contributed by atoms with van der Waals surface area (Å²) in [5.41, 5.74) is 1.82. The smallest absolute Gasteiger partial charge is 0.343 e. The number of hydrogen-bond acceptors (Lipinski definition) is 8. The maximum absolute atomic E-state index is 12.7. The summed E-state index contributed by atoms with van der Waals surface area (Å²) < 4.78 is 6.68. The average Bonchev–Trinajstić information content (AvgIpc) is 3.31. The SMILES string of the molecule is CCOC(=O)c1cnc(-c2ccc(Cl)cc2)nc1Nc1c(C#N)cnn1-c1ccc2ccccc2n1. The number of nitrogens with one attached hydrogen (secondary N) is 1. The van der Waals surface area contributed by atoms with Crippen LogP contribution in [0.5, 0.6) is 0 Å². The number of benzene rings is 2. The fourth-order valence-electron chi connectivity index (χ4n) is 3.58. The highest BCUT2D eigenvalue weighted by atomic mass is 35.5. The minimum absolute atomic E-state index is 0.109. The number of para-hydroxylation sites is 1. The van der Waals surface area contributed by atoms with Crippen LogP contribution < -0.4 is 5.32 Å². The molecule has 9 nitrogen and oxygen atoms in total. The second-order valence-corrected chi connectivity index (χ2v) is 8.04. The molecule has 0 saturated carbocycles. The zero-order valence-corrected chi connectivity index (χ0v) is 19.8. The maximum atomic E-state index is 12.7. The van der Waals surface area contributed by atoms with E-state index in [1.807, 2.05) is 30.3 Å². The maximum Gasteiger partial charge on any atom is 0.343 e. The van der Waals surface area contributed by atoms with Crippen LogP contribution in [0.25, 0.3) is 28.1 Å². The van der Waals surface area contributed by atoms with Crippen LogP contribution in [0.3, 0.4) is 0 Å². The molecule has 0 saturated heterocycles. The number of aromatic nitrogens is 5. The van der Waals surface area contributed by atoms with Crippen LogP contribution in [0.2, 0.25) is 5.02 Å². The van der Waals surface area contributed by atoms with Gasteiger partial charge in [-0.25, -0.2) is 19.7 Å². The zero-order valence-electron chi connectivity index (χ0n) is 19.0. The van der Waals surface area contributed by atoms with Crippen molar-refractivity contribution in [2.75, 3.05) is 11.9 Å². The van der Waals surface area contributed by atoms with E-state index in [2.05, 4.69) is 31.4 Å². The first-order chi connectivity index (χ1) is 17.6. The van der Waals surface area contributed by atoms with Gasteiger partial charge in [0.1, 0.15) is 23.0 Å². The molecule has 0 fully saturated rings. The van der Waals surface area contributed by atoms with Gasteiger partial charge in [-0.1, -0.05) is 29.8 Å². The molecule has 0 bridgehead atoms. The summed E-state index contributed by atoms with van der Waals surface area (Å²) in [6.07, 6.45) is 2.81. The molecule has 0 aliphatic heterocycles. The number of anilines is 2. The summed E-state index contributed by atoms with van der Waals surface area (Å²) >= 11 is 6.01. The van der Waals surface area contributed by atoms with Crippen LogP contribution in [0.1, 0.15) is 22.8 Å². The fraction of sp³-hybridized carbons (Fsp3) is 0.0769. The van der Waals surface area contributed by atoms with E-state index in [1.54, 1.807) is 37.3 Å². The molecule has 2 aromatic carbocycles. The third-order valence-corrected chi connectivity index (χ3v) is 5.57. The van der Waals surface area contributed by atoms with Crippen molar-refractivity contribution in [2.45, 2.75) is 6.92 Å². The molecule has 0 amide bonds. The van der Waals surface area contributed by atoms with Crippen molar-refractivity contribution in [3.63, 3.8) is 0 Å². The Morgan fingerprint density at radius 2 is 1.89 bits per heavy atom. The molecule has 3 heterocycles. The summed E-state index contributed by atoms with van der Waals surface area (Å²) in [5.74, 6) is 0.702. The fourth-order valence-corrected chi connectivity index (χ4v) is 3.71. The number of nitriles is 1. The van der Waals surface area contributed by atoms with Crippen molar-refractivity contribution in [1.82, 2.24) is 24.7 Å². The number of carbonyl (C=O) groups is 1. The number of nitrogens with zero attached hydrogens (tertiary/aromatic N) is 6. The zero-order chi connectivity index (χ0) is 25.1. The average molecular weight is 496 g/mol. The minimum Gasteiger partial charge on any atom is -0.462 e. The second-order valence-electron chi connectivity index (χ2n) is 7.60. The van der Waals surface area contributed by atoms with Crippen molar-refractivity contribution in [3.8, 4) is 23.3 Å². The van der Waals surface area contributed by atoms with Crippen molar-refractivity contribution in [3.05, 3.63) is 89.2 Å². The molecular weight excluding hydrogens is 478 g/mol. The lowest BCUT2D eigenvalue weighted by Crippen LogP contribution is -2.13. The highest BCUT2D eigenvalue weighted by Crippen LogP contribution is 2.28. The van der Waals surface area contributed by atoms with Gasteiger partial charge < -0.3 is 10.1 Å². The van der Waals surface area contributed by atoms with Gasteiger partial charge in [-0.05, 0) is 49.4 Å². The molecular formula is C26H18ClN7O2. The van der Waals surface area contributed by atoms with Crippen LogP contribution in [0.4, 0.5) is 11.6 Å². The Morgan fingerprint density at radius 1 is 1.08 bits per heavy atom. The van der Waals surface area contributed by atoms with Gasteiger partial charge >= 0.3 is 5.97 Å². The molecule has 3 aromatic heterocycles. The highest BCUT2D eigenvalue weighted by Gasteiger charge is 2.21. The van der Waals surface area contributed by atoms with E-state index >= 15 is 0 Å². The quantitative estimate of drug-likeness (QED) is 0.314. The van der Waals surface area contributed by atoms with E-state index in [0.717, 1.165) is 10.9 Å². The topological polar surface area (TPSA) is 119 Å². The summed E-state index contributed by atoms with van der Waals surface area (Å²) in [7, 11) is 0. The summed E-state index contributed by atoms with van der Waals surface area (Å²) in [4.78, 5) is 26.3. The van der Waals surface area contributed by atoms with E-state index in [0.29, 0.717) is 28.0 Å². The summed E-state index contributed by atoms with van der Waals surface area (Å²) in [6.45, 7) is 1.89. The molecule has 1 N–H and O–H groups in total. The molecule has 0 aliphatic carbocycles. The first kappa shape index (κ1) is 23.0. The predicted octanol–water partition coefficient (Wildman–Crippen LogP) is 5.32. The lowest BCUT2D eigenvalue weighted by Gasteiger charge is -2.14. The van der Waals surface area contributed by atoms with Crippen LogP contribution in [0, 0.1) is 11.3 Å². The number of halogens is 1. The summed E-state index contributed by atoms with van der Waals surface area (Å²) in [6, 6.07) is 20.5. The van der Waals surface area contributed by atoms with Crippen molar-refractivity contribution in [1.29, 1.82) is 5.26 Å². The molecule has 0 radical (unpaired) electrons. The van der Waals surface area contributed by atoms with Gasteiger partial charge in [0.25, 0.3) is 0 Å². The Hall–Kier alpha value is -4.81. The number of fused-ring (bicyclic) bond motifs is 1. The van der Waals surface area contributed by atoms with Gasteiger partial charge in [-0.15, -0.1) is 0 Å². The van der Waals surface area contributed by atoms with E-state index < -0.39 is 5.97 Å². The lowest BCUT2D eigenvalue weighted by molar-refractivity contribution is 0.0526. The number of hydrogen-bond donors (Lipinski definition) is 1. The standard InChI is InChI=1S/C26H18ClN7O2/c1-2-36-26(35)20-15-29-23(17-7-10-19(27)11-8-17)32-24(20)33-25-18(13-28)14-30-34(25)22-12-9-16-5-3-4-6-21(16)31-22/h3-12,14-15H,2H2,1H3,(H,29,32,33). The van der Waals surface area contributed by atoms with Gasteiger partial charge in [0, 0.05) is 22.2 Å². The van der Waals surface area contributed by atoms with E-state index in [1.165, 1.54) is 17.1 Å². The van der Waals surface area contributed by atoms with Crippen LogP contribution in [-0.2, 0) is 4.74 Å². The Morgan fingerprint density at radius 3 is 2.67 bits per heavy atom. The number of esters is 1. The summed E-state index contributed by atoms with van der Waals surface area (Å²) in [5, 5.41) is 18.8. The first-order valence-corrected chi connectivity index (χ1v) is 11.4. The Bertz CT molecular complexity index is 1620. The van der Waals surface area contributed by atoms with E-state index in [-0.39, 0.29) is 23.6 Å². The van der Waals surface area contributed by atoms with Gasteiger partial charge in [-0.2, -0.15) is 15.0 Å². The highest BCUT2D eigenvalue weighted by molar-refractivity contribution is 6.30. The predicted molar refractivity (Wildman–Crippen MR) is 135 cm³/mol. The van der Waals surface area contributed by atoms with Crippen molar-refractivity contribution < 1.29 is 9.53 Å². The molecule has 0 unspecified atom stereocenters. The van der Waals surface area contributed by atoms with Gasteiger partial charge in [-0.3, -0.25) is 0 Å². The molecule has 5 rings (SSSR count). The third-order valence-electron chi connectivity index (χ3n) is 5.31. The van der Waals surface area contributed by atoms with Crippen LogP contribution in [-0.4, -0.2) is 37.3 Å². The van der Waals surface area contributed by atoms with Crippen LogP contribution in [0.15, 0.2) is 73.1 Å². The second kappa shape index (κ2) is 9.82. The number of ether oxygens (including phenoxy) is 1. The largest absolute Gasteiger partial charge is 0.462 e. The molecule has 5 aromatic rings. The number of pyridine rings is 1. The molecule has 0 aliphatic rings. The number of rotatable bonds is 6. The Labute approximate surface area is 211 Å². The number of carbonyl (C=O) groups excluding carboxylic acids is 1. The first-order valence-electron chi connectivity index (χ1n) is 11.0. The monoisotopic (exact) mass is 495 g/mol. The minimum atomic E-state index is -0.601. The van der Waals surface area contributed by atoms with Crippen molar-refractivity contribution >= 4 is 40.1 Å². The Balaban J connectivity index is 1.62. The van der Waals surface area contributed by atoms with Crippen molar-refractivity contribution in [2.24, 2.45) is 0 Å². The molecule has 36 heavy (non-hydrogen) atoms. The van der Waals surface area contributed by atoms with Gasteiger partial charge in [0.05, 0.1) is 18.3 Å². The third kappa shape index (κ3) is 4.45. The molecule has 0 atom stereocenters. The van der Waals surface area contributed by atoms with Crippen LogP contribution >= 0.6 is 11.6 Å². The van der Waals surface area contributed by atoms with E-state index in [9.17, 15) is 10.1 Å². The Kier molecular flexibility index (Phi) is 6.26.